The van der Waals surface area contributed by atoms with Crippen molar-refractivity contribution in [2.45, 2.75) is 12.2 Å². The Morgan fingerprint density at radius 3 is 1.58 bits per heavy atom. The van der Waals surface area contributed by atoms with Crippen molar-refractivity contribution >= 4 is 52.6 Å². The number of rotatable bonds is 5. The van der Waals surface area contributed by atoms with Gasteiger partial charge in [0.15, 0.2) is 0 Å². The molecule has 2 atom stereocenters. The molecule has 0 bridgehead atoms. The van der Waals surface area contributed by atoms with E-state index in [1.54, 1.807) is 36.4 Å². The molecule has 0 aromatic heterocycles. The van der Waals surface area contributed by atoms with E-state index in [4.69, 9.17) is 32.7 Å². The van der Waals surface area contributed by atoms with Gasteiger partial charge >= 0.3 is 11.9 Å². The predicted octanol–water partition coefficient (Wildman–Crippen LogP) is 4.32. The fourth-order valence-electron chi connectivity index (χ4n) is 3.26. The third-order valence-corrected chi connectivity index (χ3v) is 5.38. The molecule has 0 saturated carbocycles. The van der Waals surface area contributed by atoms with Crippen LogP contribution in [0.3, 0.4) is 0 Å². The van der Waals surface area contributed by atoms with E-state index in [2.05, 4.69) is 0 Å². The van der Waals surface area contributed by atoms with Crippen LogP contribution in [0, 0.1) is 0 Å². The van der Waals surface area contributed by atoms with Crippen LogP contribution in [0.2, 0.25) is 10.0 Å². The molecule has 4 rings (SSSR count). The molecule has 9 heteroatoms. The van der Waals surface area contributed by atoms with Crippen molar-refractivity contribution < 1.29 is 28.7 Å². The Morgan fingerprint density at radius 2 is 1.15 bits per heavy atom. The lowest BCUT2D eigenvalue weighted by atomic mass is 10.2. The molecule has 1 aliphatic heterocycles. The van der Waals surface area contributed by atoms with Gasteiger partial charge < -0.3 is 9.47 Å². The number of imide groups is 1. The largest absolute Gasteiger partial charge is 0.444 e. The van der Waals surface area contributed by atoms with Crippen LogP contribution < -0.4 is 4.90 Å². The summed E-state index contributed by atoms with van der Waals surface area (Å²) >= 11 is 12.1. The zero-order valence-electron chi connectivity index (χ0n) is 16.8. The van der Waals surface area contributed by atoms with E-state index in [1.165, 1.54) is 42.5 Å². The minimum Gasteiger partial charge on any atom is -0.444 e. The van der Waals surface area contributed by atoms with E-state index in [1.807, 2.05) is 0 Å². The molecule has 0 radical (unpaired) electrons. The number of carbonyl (C=O) groups excluding carboxylic acids is 4. The monoisotopic (exact) mass is 483 g/mol. The van der Waals surface area contributed by atoms with Gasteiger partial charge in [0.1, 0.15) is 0 Å². The molecule has 3 aromatic rings. The molecule has 1 saturated heterocycles. The van der Waals surface area contributed by atoms with Crippen LogP contribution in [0.15, 0.2) is 78.9 Å². The average Bonchev–Trinajstić information content (AvgIpc) is 3.04. The summed E-state index contributed by atoms with van der Waals surface area (Å²) in [7, 11) is 0. The molecule has 1 fully saturated rings. The number of hydrogen-bond acceptors (Lipinski definition) is 6. The Labute approximate surface area is 198 Å². The molecule has 0 unspecified atom stereocenters. The van der Waals surface area contributed by atoms with E-state index in [-0.39, 0.29) is 21.8 Å². The molecule has 33 heavy (non-hydrogen) atoms. The second kappa shape index (κ2) is 9.44. The summed E-state index contributed by atoms with van der Waals surface area (Å²) in [4.78, 5) is 52.4. The van der Waals surface area contributed by atoms with Gasteiger partial charge in [-0.1, -0.05) is 59.6 Å². The number of ether oxygens (including phenoxy) is 2. The number of hydrogen-bond donors (Lipinski definition) is 0. The van der Waals surface area contributed by atoms with Gasteiger partial charge in [-0.15, -0.1) is 0 Å². The molecule has 2 amide bonds. The van der Waals surface area contributed by atoms with Gasteiger partial charge in [0.05, 0.1) is 21.8 Å². The quantitative estimate of drug-likeness (QED) is 0.396. The van der Waals surface area contributed by atoms with Gasteiger partial charge in [-0.2, -0.15) is 0 Å². The van der Waals surface area contributed by atoms with Gasteiger partial charge in [-0.05, 0) is 42.5 Å². The van der Waals surface area contributed by atoms with Gasteiger partial charge in [0.25, 0.3) is 11.8 Å². The van der Waals surface area contributed by atoms with Crippen LogP contribution in [-0.2, 0) is 19.1 Å². The summed E-state index contributed by atoms with van der Waals surface area (Å²) in [6.45, 7) is 0. The number of amides is 2. The van der Waals surface area contributed by atoms with Crippen LogP contribution in [0.5, 0.6) is 0 Å². The lowest BCUT2D eigenvalue weighted by molar-refractivity contribution is -0.130. The van der Waals surface area contributed by atoms with Gasteiger partial charge in [-0.3, -0.25) is 9.59 Å². The highest BCUT2D eigenvalue weighted by atomic mass is 35.5. The van der Waals surface area contributed by atoms with Crippen molar-refractivity contribution in [1.29, 1.82) is 0 Å². The standard InChI is InChI=1S/C24H15Cl2NO6/c25-16-11-12-18(17(26)13-16)27-21(28)19(32-23(30)14-7-3-1-4-8-14)20(22(27)29)33-24(31)15-9-5-2-6-10-15/h1-13,19-20H/t19-,20-/m0/s1. The van der Waals surface area contributed by atoms with Crippen LogP contribution in [0.25, 0.3) is 0 Å². The Kier molecular flexibility index (Phi) is 6.44. The predicted molar refractivity (Wildman–Crippen MR) is 120 cm³/mol. The zero-order valence-corrected chi connectivity index (χ0v) is 18.3. The van der Waals surface area contributed by atoms with Gasteiger partial charge in [0, 0.05) is 5.02 Å². The lowest BCUT2D eigenvalue weighted by Gasteiger charge is -2.16. The van der Waals surface area contributed by atoms with Crippen molar-refractivity contribution in [1.82, 2.24) is 0 Å². The summed E-state index contributed by atoms with van der Waals surface area (Å²) in [5.41, 5.74) is 0.345. The van der Waals surface area contributed by atoms with Crippen LogP contribution in [0.1, 0.15) is 20.7 Å². The maximum atomic E-state index is 13.2. The number of anilines is 1. The SMILES string of the molecule is O=C(O[C@@H]1C(=O)N(c2ccc(Cl)cc2Cl)C(=O)[C@H]1OC(=O)c1ccccc1)c1ccccc1. The van der Waals surface area contributed by atoms with Crippen molar-refractivity contribution in [3.63, 3.8) is 0 Å². The van der Waals surface area contributed by atoms with Crippen LogP contribution in [-0.4, -0.2) is 36.0 Å². The maximum absolute atomic E-state index is 13.2. The van der Waals surface area contributed by atoms with Crippen LogP contribution in [0.4, 0.5) is 5.69 Å². The molecule has 0 spiro atoms. The molecule has 1 aliphatic rings. The normalized spacial score (nSPS) is 17.7. The molecule has 3 aromatic carbocycles. The van der Waals surface area contributed by atoms with Gasteiger partial charge in [0.2, 0.25) is 12.2 Å². The minimum atomic E-state index is -1.70. The number of esters is 2. The molecule has 0 N–H and O–H groups in total. The third-order valence-electron chi connectivity index (χ3n) is 4.84. The highest BCUT2D eigenvalue weighted by Crippen LogP contribution is 2.34. The summed E-state index contributed by atoms with van der Waals surface area (Å²) in [5, 5.41) is 0.314. The minimum absolute atomic E-state index is 0.0207. The number of carbonyl (C=O) groups is 4. The van der Waals surface area contributed by atoms with Gasteiger partial charge in [-0.25, -0.2) is 14.5 Å². The zero-order chi connectivity index (χ0) is 23.5. The Bertz CT molecular complexity index is 1160. The van der Waals surface area contributed by atoms with Crippen molar-refractivity contribution in [3.8, 4) is 0 Å². The number of halogens is 2. The van der Waals surface area contributed by atoms with E-state index < -0.39 is 36.0 Å². The lowest BCUT2D eigenvalue weighted by Crippen LogP contribution is -2.37. The molecule has 1 heterocycles. The topological polar surface area (TPSA) is 90.0 Å². The Balaban J connectivity index is 1.68. The summed E-state index contributed by atoms with van der Waals surface area (Å²) in [6.07, 6.45) is -3.41. The van der Waals surface area contributed by atoms with E-state index in [0.29, 0.717) is 5.02 Å². The second-order valence-electron chi connectivity index (χ2n) is 6.99. The fraction of sp³-hybridized carbons (Fsp3) is 0.0833. The molecule has 0 aliphatic carbocycles. The highest BCUT2D eigenvalue weighted by molar-refractivity contribution is 6.38. The maximum Gasteiger partial charge on any atom is 0.339 e. The first-order valence-electron chi connectivity index (χ1n) is 9.72. The average molecular weight is 484 g/mol. The molecule has 7 nitrogen and oxygen atoms in total. The van der Waals surface area contributed by atoms with Crippen molar-refractivity contribution in [2.24, 2.45) is 0 Å². The first-order valence-corrected chi connectivity index (χ1v) is 10.5. The number of nitrogens with zero attached hydrogens (tertiary/aromatic N) is 1. The van der Waals surface area contributed by atoms with E-state index in [9.17, 15) is 19.2 Å². The molecular weight excluding hydrogens is 469 g/mol. The summed E-state index contributed by atoms with van der Waals surface area (Å²) < 4.78 is 10.7. The van der Waals surface area contributed by atoms with E-state index >= 15 is 0 Å². The smallest absolute Gasteiger partial charge is 0.339 e. The Morgan fingerprint density at radius 1 is 0.697 bits per heavy atom. The molecule has 166 valence electrons. The second-order valence-corrected chi connectivity index (χ2v) is 7.84. The Hall–Kier alpha value is -3.68. The van der Waals surface area contributed by atoms with Crippen molar-refractivity contribution in [3.05, 3.63) is 100 Å². The van der Waals surface area contributed by atoms with E-state index in [0.717, 1.165) is 4.90 Å². The number of benzene rings is 3. The van der Waals surface area contributed by atoms with Crippen molar-refractivity contribution in [2.75, 3.05) is 4.90 Å². The summed E-state index contributed by atoms with van der Waals surface area (Å²) in [5.74, 6) is -3.52. The first kappa shape index (κ1) is 22.5. The fourth-order valence-corrected chi connectivity index (χ4v) is 3.75. The highest BCUT2D eigenvalue weighted by Gasteiger charge is 2.54. The first-order chi connectivity index (χ1) is 15.9. The molecular formula is C24H15Cl2NO6. The summed E-state index contributed by atoms with van der Waals surface area (Å²) in [6, 6.07) is 20.0. The third kappa shape index (κ3) is 4.60. The van der Waals surface area contributed by atoms with Crippen LogP contribution >= 0.6 is 23.2 Å².